The van der Waals surface area contributed by atoms with E-state index in [9.17, 15) is 10.1 Å². The summed E-state index contributed by atoms with van der Waals surface area (Å²) in [5.74, 6) is 1.22. The number of benzene rings is 2. The maximum absolute atomic E-state index is 10.9. The molecule has 0 saturated carbocycles. The zero-order valence-corrected chi connectivity index (χ0v) is 12.1. The molecule has 5 nitrogen and oxygen atoms in total. The van der Waals surface area contributed by atoms with Crippen LogP contribution in [0.25, 0.3) is 0 Å². The van der Waals surface area contributed by atoms with Crippen LogP contribution in [0.15, 0.2) is 42.5 Å². The monoisotopic (exact) mass is 286 g/mol. The molecule has 1 N–H and O–H groups in total. The number of para-hydroxylation sites is 1. The van der Waals surface area contributed by atoms with E-state index in [2.05, 4.69) is 5.32 Å². The Bertz CT molecular complexity index is 641. The molecular weight excluding hydrogens is 268 g/mol. The maximum Gasteiger partial charge on any atom is 0.273 e. The van der Waals surface area contributed by atoms with Gasteiger partial charge in [-0.3, -0.25) is 10.1 Å². The van der Waals surface area contributed by atoms with Crippen molar-refractivity contribution in [3.8, 4) is 11.5 Å². The van der Waals surface area contributed by atoms with E-state index < -0.39 is 4.92 Å². The van der Waals surface area contributed by atoms with Gasteiger partial charge in [-0.2, -0.15) is 0 Å². The Morgan fingerprint density at radius 3 is 2.67 bits per heavy atom. The van der Waals surface area contributed by atoms with Crippen LogP contribution < -0.4 is 10.1 Å². The molecule has 0 atom stereocenters. The number of nitrogens with zero attached hydrogens (tertiary/aromatic N) is 1. The third-order valence-electron chi connectivity index (χ3n) is 3.14. The molecule has 0 amide bonds. The van der Waals surface area contributed by atoms with E-state index in [-0.39, 0.29) is 5.69 Å². The number of ether oxygens (including phenoxy) is 1. The first-order valence-corrected chi connectivity index (χ1v) is 6.83. The number of rotatable bonds is 6. The smallest absolute Gasteiger partial charge is 0.273 e. The molecule has 0 bridgehead atoms. The van der Waals surface area contributed by atoms with Crippen LogP contribution in [-0.2, 0) is 6.54 Å². The summed E-state index contributed by atoms with van der Waals surface area (Å²) in [7, 11) is 0. The fourth-order valence-electron chi connectivity index (χ4n) is 1.94. The summed E-state index contributed by atoms with van der Waals surface area (Å²) in [6, 6.07) is 12.3. The van der Waals surface area contributed by atoms with E-state index in [1.807, 2.05) is 38.1 Å². The summed E-state index contributed by atoms with van der Waals surface area (Å²) in [5.41, 5.74) is 1.91. The minimum Gasteiger partial charge on any atom is -0.456 e. The zero-order chi connectivity index (χ0) is 15.2. The van der Waals surface area contributed by atoms with Gasteiger partial charge in [-0.05, 0) is 31.2 Å². The van der Waals surface area contributed by atoms with Crippen LogP contribution in [-0.4, -0.2) is 11.5 Å². The highest BCUT2D eigenvalue weighted by atomic mass is 16.6. The van der Waals surface area contributed by atoms with Crippen molar-refractivity contribution in [1.29, 1.82) is 0 Å². The predicted octanol–water partition coefficient (Wildman–Crippen LogP) is 3.81. The Morgan fingerprint density at radius 1 is 1.19 bits per heavy atom. The second kappa shape index (κ2) is 6.85. The first kappa shape index (κ1) is 15.0. The van der Waals surface area contributed by atoms with Crippen molar-refractivity contribution >= 4 is 5.69 Å². The van der Waals surface area contributed by atoms with Gasteiger partial charge in [-0.15, -0.1) is 0 Å². The number of nitro groups is 1. The quantitative estimate of drug-likeness (QED) is 0.648. The summed E-state index contributed by atoms with van der Waals surface area (Å²) >= 11 is 0. The van der Waals surface area contributed by atoms with Gasteiger partial charge in [0.2, 0.25) is 0 Å². The first-order chi connectivity index (χ1) is 10.1. The standard InChI is InChI=1S/C16H18N2O3/c1-3-17-11-13-6-4-5-7-15(13)21-16-10-14(18(19)20)9-8-12(16)2/h4-10,17H,3,11H2,1-2H3. The number of hydrogen-bond donors (Lipinski definition) is 1. The molecule has 0 aliphatic carbocycles. The largest absolute Gasteiger partial charge is 0.456 e. The van der Waals surface area contributed by atoms with Crippen LogP contribution >= 0.6 is 0 Å². The lowest BCUT2D eigenvalue weighted by molar-refractivity contribution is -0.384. The van der Waals surface area contributed by atoms with Gasteiger partial charge in [0.25, 0.3) is 5.69 Å². The van der Waals surface area contributed by atoms with Crippen molar-refractivity contribution in [2.45, 2.75) is 20.4 Å². The van der Waals surface area contributed by atoms with Gasteiger partial charge in [0, 0.05) is 18.2 Å². The van der Waals surface area contributed by atoms with E-state index in [1.54, 1.807) is 6.07 Å². The molecule has 0 aromatic heterocycles. The Kier molecular flexibility index (Phi) is 4.90. The number of hydrogen-bond acceptors (Lipinski definition) is 4. The molecule has 2 rings (SSSR count). The van der Waals surface area contributed by atoms with Gasteiger partial charge in [0.15, 0.2) is 0 Å². The Labute approximate surface area is 123 Å². The Hall–Kier alpha value is -2.40. The average Bonchev–Trinajstić information content (AvgIpc) is 2.48. The molecule has 0 aliphatic rings. The third-order valence-corrected chi connectivity index (χ3v) is 3.14. The molecule has 0 unspecified atom stereocenters. The molecule has 0 aliphatic heterocycles. The highest BCUT2D eigenvalue weighted by Gasteiger charge is 2.11. The minimum absolute atomic E-state index is 0.0276. The van der Waals surface area contributed by atoms with Crippen LogP contribution in [0.1, 0.15) is 18.1 Å². The maximum atomic E-state index is 10.9. The summed E-state index contributed by atoms with van der Waals surface area (Å²) in [5, 5.41) is 14.1. The van der Waals surface area contributed by atoms with Crippen molar-refractivity contribution in [3.63, 3.8) is 0 Å². The van der Waals surface area contributed by atoms with Crippen molar-refractivity contribution in [2.24, 2.45) is 0 Å². The van der Waals surface area contributed by atoms with Crippen LogP contribution in [0, 0.1) is 17.0 Å². The van der Waals surface area contributed by atoms with Crippen LogP contribution in [0.3, 0.4) is 0 Å². The number of nitrogens with one attached hydrogen (secondary N) is 1. The van der Waals surface area contributed by atoms with E-state index >= 15 is 0 Å². The van der Waals surface area contributed by atoms with Gasteiger partial charge in [0.05, 0.1) is 11.0 Å². The van der Waals surface area contributed by atoms with E-state index in [0.717, 1.165) is 17.7 Å². The van der Waals surface area contributed by atoms with Gasteiger partial charge in [0.1, 0.15) is 11.5 Å². The predicted molar refractivity (Wildman–Crippen MR) is 81.7 cm³/mol. The molecule has 0 spiro atoms. The van der Waals surface area contributed by atoms with Gasteiger partial charge >= 0.3 is 0 Å². The lowest BCUT2D eigenvalue weighted by Gasteiger charge is -2.13. The molecule has 5 heteroatoms. The van der Waals surface area contributed by atoms with Crippen LogP contribution in [0.2, 0.25) is 0 Å². The molecule has 2 aromatic carbocycles. The summed E-state index contributed by atoms with van der Waals surface area (Å²) < 4.78 is 5.88. The Balaban J connectivity index is 2.29. The van der Waals surface area contributed by atoms with E-state index in [4.69, 9.17) is 4.74 Å². The van der Waals surface area contributed by atoms with E-state index in [0.29, 0.717) is 18.0 Å². The van der Waals surface area contributed by atoms with Gasteiger partial charge < -0.3 is 10.1 Å². The van der Waals surface area contributed by atoms with Gasteiger partial charge in [-0.25, -0.2) is 0 Å². The number of nitro benzene ring substituents is 1. The minimum atomic E-state index is -0.420. The lowest BCUT2D eigenvalue weighted by Crippen LogP contribution is -2.12. The molecule has 0 saturated heterocycles. The summed E-state index contributed by atoms with van der Waals surface area (Å²) in [6.07, 6.45) is 0. The fourth-order valence-corrected chi connectivity index (χ4v) is 1.94. The second-order valence-corrected chi connectivity index (χ2v) is 4.70. The van der Waals surface area contributed by atoms with Crippen molar-refractivity contribution in [1.82, 2.24) is 5.32 Å². The molecule has 21 heavy (non-hydrogen) atoms. The highest BCUT2D eigenvalue weighted by Crippen LogP contribution is 2.30. The lowest BCUT2D eigenvalue weighted by atomic mass is 10.1. The van der Waals surface area contributed by atoms with Crippen LogP contribution in [0.5, 0.6) is 11.5 Å². The Morgan fingerprint density at radius 2 is 1.95 bits per heavy atom. The fraction of sp³-hybridized carbons (Fsp3) is 0.250. The van der Waals surface area contributed by atoms with Crippen molar-refractivity contribution in [2.75, 3.05) is 6.54 Å². The first-order valence-electron chi connectivity index (χ1n) is 6.83. The second-order valence-electron chi connectivity index (χ2n) is 4.70. The molecule has 0 heterocycles. The highest BCUT2D eigenvalue weighted by molar-refractivity contribution is 5.47. The van der Waals surface area contributed by atoms with Crippen LogP contribution in [0.4, 0.5) is 5.69 Å². The zero-order valence-electron chi connectivity index (χ0n) is 12.1. The molecular formula is C16H18N2O3. The van der Waals surface area contributed by atoms with Crippen molar-refractivity contribution in [3.05, 3.63) is 63.7 Å². The van der Waals surface area contributed by atoms with E-state index in [1.165, 1.54) is 12.1 Å². The van der Waals surface area contributed by atoms with Gasteiger partial charge in [-0.1, -0.05) is 25.1 Å². The normalized spacial score (nSPS) is 10.4. The number of non-ortho nitro benzene ring substituents is 1. The van der Waals surface area contributed by atoms with Crippen molar-refractivity contribution < 1.29 is 9.66 Å². The molecule has 0 radical (unpaired) electrons. The third kappa shape index (κ3) is 3.79. The average molecular weight is 286 g/mol. The molecule has 0 fully saturated rings. The summed E-state index contributed by atoms with van der Waals surface area (Å²) in [4.78, 5) is 10.4. The molecule has 2 aromatic rings. The topological polar surface area (TPSA) is 64.4 Å². The number of aryl methyl sites for hydroxylation is 1. The summed E-state index contributed by atoms with van der Waals surface area (Å²) in [6.45, 7) is 5.46. The SMILES string of the molecule is CCNCc1ccccc1Oc1cc([N+](=O)[O-])ccc1C. The molecule has 110 valence electrons.